The Labute approximate surface area is 106 Å². The number of carbonyl (C=O) groups is 1. The van der Waals surface area contributed by atoms with E-state index in [4.69, 9.17) is 5.73 Å². The maximum Gasteiger partial charge on any atom is 0.222 e. The third kappa shape index (κ3) is 1.99. The Balaban J connectivity index is 3.18. The van der Waals surface area contributed by atoms with Crippen LogP contribution in [0.15, 0.2) is 0 Å². The van der Waals surface area contributed by atoms with Crippen molar-refractivity contribution in [2.75, 3.05) is 7.05 Å². The van der Waals surface area contributed by atoms with Gasteiger partial charge < -0.3 is 5.73 Å². The summed E-state index contributed by atoms with van der Waals surface area (Å²) in [5.74, 6) is 0.313. The largest absolute Gasteiger partial charge is 0.369 e. The number of hydrogen-bond acceptors (Lipinski definition) is 2. The number of piperidine rings is 1. The molecule has 0 aromatic heterocycles. The Morgan fingerprint density at radius 2 is 1.76 bits per heavy atom. The van der Waals surface area contributed by atoms with Crippen LogP contribution in [0.1, 0.15) is 53.9 Å². The molecule has 100 valence electrons. The monoisotopic (exact) mass is 240 g/mol. The minimum atomic E-state index is -0.147. The summed E-state index contributed by atoms with van der Waals surface area (Å²) in [6.45, 7) is 11.1. The normalized spacial score (nSPS) is 43.6. The molecular formula is C14H28N2O. The first-order chi connectivity index (χ1) is 7.74. The van der Waals surface area contributed by atoms with Crippen molar-refractivity contribution in [2.45, 2.75) is 65.0 Å². The molecule has 1 rings (SSSR count). The summed E-state index contributed by atoms with van der Waals surface area (Å²) in [5.41, 5.74) is 5.66. The molecule has 0 aromatic rings. The van der Waals surface area contributed by atoms with E-state index in [2.05, 4.69) is 46.6 Å². The van der Waals surface area contributed by atoms with E-state index in [1.165, 1.54) is 0 Å². The Kier molecular flexibility index (Phi) is 3.92. The molecule has 1 amide bonds. The number of carbonyl (C=O) groups excluding carboxylic acids is 1. The highest BCUT2D eigenvalue weighted by atomic mass is 16.1. The standard InChI is InChI=1S/C14H28N2O/c1-7-13(4)10(3)9-11(12(15)17)14(5,8-2)16(13)6/h10-11H,7-9H2,1-6H3,(H2,15,17). The number of primary amides is 1. The van der Waals surface area contributed by atoms with Crippen molar-refractivity contribution < 1.29 is 4.79 Å². The molecule has 0 aliphatic carbocycles. The Hall–Kier alpha value is -0.570. The van der Waals surface area contributed by atoms with Crippen LogP contribution in [0.2, 0.25) is 0 Å². The summed E-state index contributed by atoms with van der Waals surface area (Å²) < 4.78 is 0. The molecule has 0 bridgehead atoms. The summed E-state index contributed by atoms with van der Waals surface area (Å²) in [7, 11) is 2.15. The summed E-state index contributed by atoms with van der Waals surface area (Å²) >= 11 is 0. The molecule has 17 heavy (non-hydrogen) atoms. The molecule has 3 nitrogen and oxygen atoms in total. The van der Waals surface area contributed by atoms with Gasteiger partial charge in [0.25, 0.3) is 0 Å². The lowest BCUT2D eigenvalue weighted by Crippen LogP contribution is -2.67. The number of nitrogens with zero attached hydrogens (tertiary/aromatic N) is 1. The van der Waals surface area contributed by atoms with Crippen molar-refractivity contribution in [2.24, 2.45) is 17.6 Å². The van der Waals surface area contributed by atoms with Crippen LogP contribution in [-0.2, 0) is 4.79 Å². The van der Waals surface area contributed by atoms with Gasteiger partial charge in [-0.2, -0.15) is 0 Å². The molecule has 1 saturated heterocycles. The fourth-order valence-electron chi connectivity index (χ4n) is 3.50. The van der Waals surface area contributed by atoms with Gasteiger partial charge in [-0.3, -0.25) is 9.69 Å². The maximum absolute atomic E-state index is 11.7. The molecule has 1 fully saturated rings. The van der Waals surface area contributed by atoms with Gasteiger partial charge in [0.1, 0.15) is 0 Å². The first-order valence-electron chi connectivity index (χ1n) is 6.77. The predicted molar refractivity (Wildman–Crippen MR) is 71.6 cm³/mol. The highest BCUT2D eigenvalue weighted by Crippen LogP contribution is 2.47. The van der Waals surface area contributed by atoms with Gasteiger partial charge in [-0.15, -0.1) is 0 Å². The Morgan fingerprint density at radius 1 is 1.29 bits per heavy atom. The molecular weight excluding hydrogens is 212 g/mol. The topological polar surface area (TPSA) is 46.3 Å². The fourth-order valence-corrected chi connectivity index (χ4v) is 3.50. The molecule has 0 radical (unpaired) electrons. The summed E-state index contributed by atoms with van der Waals surface area (Å²) in [4.78, 5) is 14.1. The Morgan fingerprint density at radius 3 is 2.12 bits per heavy atom. The zero-order valence-corrected chi connectivity index (χ0v) is 12.2. The van der Waals surface area contributed by atoms with E-state index in [1.807, 2.05) is 0 Å². The van der Waals surface area contributed by atoms with E-state index < -0.39 is 0 Å². The molecule has 3 heteroatoms. The smallest absolute Gasteiger partial charge is 0.222 e. The van der Waals surface area contributed by atoms with Gasteiger partial charge >= 0.3 is 0 Å². The molecule has 0 aromatic carbocycles. The second-order valence-electron chi connectivity index (χ2n) is 6.07. The van der Waals surface area contributed by atoms with Crippen LogP contribution in [0.5, 0.6) is 0 Å². The third-order valence-corrected chi connectivity index (χ3v) is 5.71. The minimum Gasteiger partial charge on any atom is -0.369 e. The van der Waals surface area contributed by atoms with Gasteiger partial charge in [0.2, 0.25) is 5.91 Å². The van der Waals surface area contributed by atoms with E-state index in [0.29, 0.717) is 5.92 Å². The van der Waals surface area contributed by atoms with Crippen LogP contribution in [0, 0.1) is 11.8 Å². The number of hydrogen-bond donors (Lipinski definition) is 1. The first-order valence-corrected chi connectivity index (χ1v) is 6.77. The molecule has 1 heterocycles. The molecule has 0 saturated carbocycles. The SMILES string of the molecule is CCC1(C)C(C)CC(C(N)=O)C(C)(CC)N1C. The van der Waals surface area contributed by atoms with Gasteiger partial charge in [-0.1, -0.05) is 20.8 Å². The zero-order chi connectivity index (χ0) is 13.4. The zero-order valence-electron chi connectivity index (χ0n) is 12.2. The fraction of sp³-hybridized carbons (Fsp3) is 0.929. The quantitative estimate of drug-likeness (QED) is 0.823. The van der Waals surface area contributed by atoms with Crippen molar-refractivity contribution in [3.8, 4) is 0 Å². The van der Waals surface area contributed by atoms with Crippen molar-refractivity contribution >= 4 is 5.91 Å². The van der Waals surface area contributed by atoms with Gasteiger partial charge in [-0.05, 0) is 46.1 Å². The average molecular weight is 240 g/mol. The molecule has 4 atom stereocenters. The van der Waals surface area contributed by atoms with Crippen molar-refractivity contribution in [3.63, 3.8) is 0 Å². The van der Waals surface area contributed by atoms with Gasteiger partial charge in [0.05, 0.1) is 5.92 Å². The summed E-state index contributed by atoms with van der Waals surface area (Å²) in [6, 6.07) is 0. The van der Waals surface area contributed by atoms with Gasteiger partial charge in [0, 0.05) is 11.1 Å². The second kappa shape index (κ2) is 4.60. The maximum atomic E-state index is 11.7. The van der Waals surface area contributed by atoms with Crippen LogP contribution in [0.3, 0.4) is 0 Å². The number of nitrogens with two attached hydrogens (primary N) is 1. The lowest BCUT2D eigenvalue weighted by Gasteiger charge is -2.59. The van der Waals surface area contributed by atoms with E-state index in [1.54, 1.807) is 0 Å². The van der Waals surface area contributed by atoms with Crippen LogP contribution >= 0.6 is 0 Å². The van der Waals surface area contributed by atoms with Crippen molar-refractivity contribution in [3.05, 3.63) is 0 Å². The van der Waals surface area contributed by atoms with Gasteiger partial charge in [0.15, 0.2) is 0 Å². The average Bonchev–Trinajstić information content (AvgIpc) is 2.30. The van der Waals surface area contributed by atoms with Crippen LogP contribution < -0.4 is 5.73 Å². The van der Waals surface area contributed by atoms with Crippen LogP contribution in [0.25, 0.3) is 0 Å². The first kappa shape index (κ1) is 14.5. The highest BCUT2D eigenvalue weighted by Gasteiger charge is 2.53. The lowest BCUT2D eigenvalue weighted by molar-refractivity contribution is -0.142. The molecule has 1 aliphatic rings. The second-order valence-corrected chi connectivity index (χ2v) is 6.07. The van der Waals surface area contributed by atoms with E-state index in [9.17, 15) is 4.79 Å². The third-order valence-electron chi connectivity index (χ3n) is 5.71. The van der Waals surface area contributed by atoms with Gasteiger partial charge in [-0.25, -0.2) is 0 Å². The van der Waals surface area contributed by atoms with Crippen molar-refractivity contribution in [1.82, 2.24) is 4.90 Å². The molecule has 2 N–H and O–H groups in total. The number of rotatable bonds is 3. The lowest BCUT2D eigenvalue weighted by atomic mass is 9.64. The van der Waals surface area contributed by atoms with E-state index in [-0.39, 0.29) is 22.9 Å². The Bertz CT molecular complexity index is 305. The predicted octanol–water partition coefficient (Wildman–Crippen LogP) is 2.40. The molecule has 1 aliphatic heterocycles. The molecule has 0 spiro atoms. The van der Waals surface area contributed by atoms with Crippen LogP contribution in [0.4, 0.5) is 0 Å². The minimum absolute atomic E-state index is 0.0351. The summed E-state index contributed by atoms with van der Waals surface area (Å²) in [6.07, 6.45) is 2.97. The van der Waals surface area contributed by atoms with E-state index >= 15 is 0 Å². The van der Waals surface area contributed by atoms with Crippen molar-refractivity contribution in [1.29, 1.82) is 0 Å². The van der Waals surface area contributed by atoms with Crippen LogP contribution in [-0.4, -0.2) is 28.9 Å². The number of amides is 1. The van der Waals surface area contributed by atoms with E-state index in [0.717, 1.165) is 19.3 Å². The summed E-state index contributed by atoms with van der Waals surface area (Å²) in [5, 5.41) is 0. The number of likely N-dealkylation sites (tertiary alicyclic amines) is 1. The highest BCUT2D eigenvalue weighted by molar-refractivity contribution is 5.78. The molecule has 4 unspecified atom stereocenters.